The van der Waals surface area contributed by atoms with Crippen molar-refractivity contribution in [2.45, 2.75) is 32.0 Å². The molecule has 3 aromatic rings. The van der Waals surface area contributed by atoms with Crippen LogP contribution in [-0.4, -0.2) is 33.5 Å². The van der Waals surface area contributed by atoms with Gasteiger partial charge in [0.1, 0.15) is 5.75 Å². The van der Waals surface area contributed by atoms with Crippen LogP contribution in [0.3, 0.4) is 0 Å². The number of methoxy groups -OCH3 is 1. The molecule has 1 N–H and O–H groups in total. The van der Waals surface area contributed by atoms with Crippen molar-refractivity contribution in [2.75, 3.05) is 18.2 Å². The minimum atomic E-state index is -0.162. The Bertz CT molecular complexity index is 971. The van der Waals surface area contributed by atoms with E-state index in [-0.39, 0.29) is 11.7 Å². The Hall–Kier alpha value is -2.03. The highest BCUT2D eigenvalue weighted by atomic mass is 35.5. The van der Waals surface area contributed by atoms with Crippen LogP contribution >= 0.6 is 34.7 Å². The molecule has 0 fully saturated rings. The number of nitrogens with zero attached hydrogens (tertiary/aromatic N) is 3. The number of aryl methyl sites for hydroxylation is 1. The summed E-state index contributed by atoms with van der Waals surface area (Å²) in [6.45, 7) is 4.97. The van der Waals surface area contributed by atoms with E-state index in [0.29, 0.717) is 16.5 Å². The van der Waals surface area contributed by atoms with Crippen LogP contribution in [0.25, 0.3) is 11.4 Å². The molecule has 0 spiro atoms. The van der Waals surface area contributed by atoms with Crippen LogP contribution in [0.4, 0.5) is 5.69 Å². The van der Waals surface area contributed by atoms with Crippen molar-refractivity contribution in [3.8, 4) is 17.1 Å². The number of aromatic nitrogens is 3. The van der Waals surface area contributed by atoms with Gasteiger partial charge in [-0.05, 0) is 37.6 Å². The quantitative estimate of drug-likeness (QED) is 0.496. The maximum absolute atomic E-state index is 12.4. The third kappa shape index (κ3) is 4.87. The summed E-state index contributed by atoms with van der Waals surface area (Å²) in [7, 11) is 1.55. The van der Waals surface area contributed by atoms with Crippen LogP contribution in [0, 0.1) is 6.92 Å². The summed E-state index contributed by atoms with van der Waals surface area (Å²) in [6, 6.07) is 7.21. The van der Waals surface area contributed by atoms with E-state index >= 15 is 0 Å². The zero-order valence-corrected chi connectivity index (χ0v) is 18.2. The van der Waals surface area contributed by atoms with Gasteiger partial charge in [0, 0.05) is 27.4 Å². The third-order valence-corrected chi connectivity index (χ3v) is 5.98. The number of thioether (sulfide) groups is 1. The predicted molar refractivity (Wildman–Crippen MR) is 116 cm³/mol. The summed E-state index contributed by atoms with van der Waals surface area (Å²) in [5.41, 5.74) is 1.61. The summed E-state index contributed by atoms with van der Waals surface area (Å²) in [4.78, 5) is 13.7. The number of anilines is 1. The first kappa shape index (κ1) is 20.7. The molecule has 0 unspecified atom stereocenters. The van der Waals surface area contributed by atoms with Crippen LogP contribution in [0.5, 0.6) is 5.75 Å². The molecule has 0 aliphatic heterocycles. The van der Waals surface area contributed by atoms with Crippen LogP contribution in [-0.2, 0) is 11.3 Å². The van der Waals surface area contributed by atoms with E-state index in [1.54, 1.807) is 36.6 Å². The first-order chi connectivity index (χ1) is 13.5. The fraction of sp³-hybridized carbons (Fsp3) is 0.316. The highest BCUT2D eigenvalue weighted by Crippen LogP contribution is 2.29. The summed E-state index contributed by atoms with van der Waals surface area (Å²) < 4.78 is 7.33. The van der Waals surface area contributed by atoms with Crippen LogP contribution in [0.2, 0.25) is 5.02 Å². The number of amides is 1. The number of hydrogen-bond donors (Lipinski definition) is 1. The van der Waals surface area contributed by atoms with Crippen LogP contribution in [0.15, 0.2) is 34.8 Å². The predicted octanol–water partition coefficient (Wildman–Crippen LogP) is 5.12. The van der Waals surface area contributed by atoms with Gasteiger partial charge in [0.25, 0.3) is 0 Å². The Morgan fingerprint density at radius 1 is 1.36 bits per heavy atom. The molecule has 3 rings (SSSR count). The van der Waals surface area contributed by atoms with Gasteiger partial charge in [-0.15, -0.1) is 21.5 Å². The summed E-state index contributed by atoms with van der Waals surface area (Å²) in [5, 5.41) is 14.8. The molecular weight excluding hydrogens is 416 g/mol. The van der Waals surface area contributed by atoms with Crippen molar-refractivity contribution in [1.29, 1.82) is 0 Å². The normalized spacial score (nSPS) is 10.9. The second-order valence-corrected chi connectivity index (χ2v) is 8.58. The zero-order chi connectivity index (χ0) is 20.1. The highest BCUT2D eigenvalue weighted by molar-refractivity contribution is 7.99. The van der Waals surface area contributed by atoms with E-state index in [1.807, 2.05) is 0 Å². The van der Waals surface area contributed by atoms with Gasteiger partial charge in [-0.3, -0.25) is 4.79 Å². The molecule has 2 heterocycles. The van der Waals surface area contributed by atoms with E-state index in [4.69, 9.17) is 16.3 Å². The lowest BCUT2D eigenvalue weighted by Gasteiger charge is -2.11. The standard InChI is InChI=1S/C19H21ClN4O2S2/c1-4-7-24-18(13-8-12(2)27-10-13)22-23-19(24)28-11-17(25)21-15-9-14(20)5-6-16(15)26-3/h5-6,8-10H,4,7,11H2,1-3H3,(H,21,25). The Balaban J connectivity index is 1.71. The molecule has 28 heavy (non-hydrogen) atoms. The van der Waals surface area contributed by atoms with Gasteiger partial charge < -0.3 is 14.6 Å². The molecule has 0 aliphatic carbocycles. The van der Waals surface area contributed by atoms with Gasteiger partial charge in [0.2, 0.25) is 5.91 Å². The number of rotatable bonds is 8. The molecule has 0 saturated heterocycles. The minimum Gasteiger partial charge on any atom is -0.495 e. The minimum absolute atomic E-state index is 0.162. The lowest BCUT2D eigenvalue weighted by Crippen LogP contribution is -2.15. The fourth-order valence-corrected chi connectivity index (χ4v) is 4.31. The fourth-order valence-electron chi connectivity index (χ4n) is 2.69. The number of hydrogen-bond acceptors (Lipinski definition) is 6. The zero-order valence-electron chi connectivity index (χ0n) is 15.9. The van der Waals surface area contributed by atoms with E-state index < -0.39 is 0 Å². The van der Waals surface area contributed by atoms with E-state index in [1.165, 1.54) is 16.6 Å². The van der Waals surface area contributed by atoms with Crippen LogP contribution < -0.4 is 10.1 Å². The Kier molecular flexibility index (Phi) is 6.98. The molecule has 0 atom stereocenters. The largest absolute Gasteiger partial charge is 0.495 e. The maximum Gasteiger partial charge on any atom is 0.234 e. The summed E-state index contributed by atoms with van der Waals surface area (Å²) in [6.07, 6.45) is 0.952. The van der Waals surface area contributed by atoms with Crippen molar-refractivity contribution in [3.05, 3.63) is 39.5 Å². The lowest BCUT2D eigenvalue weighted by molar-refractivity contribution is -0.113. The second kappa shape index (κ2) is 9.45. The SMILES string of the molecule is CCCn1c(SCC(=O)Nc2cc(Cl)ccc2OC)nnc1-c1csc(C)c1. The first-order valence-corrected chi connectivity index (χ1v) is 11.0. The number of carbonyl (C=O) groups is 1. The van der Waals surface area contributed by atoms with Crippen molar-refractivity contribution >= 4 is 46.3 Å². The van der Waals surface area contributed by atoms with Gasteiger partial charge >= 0.3 is 0 Å². The van der Waals surface area contributed by atoms with Gasteiger partial charge in [-0.1, -0.05) is 30.3 Å². The Morgan fingerprint density at radius 2 is 2.18 bits per heavy atom. The molecular formula is C19H21ClN4O2S2. The average Bonchev–Trinajstić information content (AvgIpc) is 3.26. The number of halogens is 1. The van der Waals surface area contributed by atoms with Crippen molar-refractivity contribution in [2.24, 2.45) is 0 Å². The molecule has 148 valence electrons. The molecule has 1 aromatic carbocycles. The molecule has 0 radical (unpaired) electrons. The van der Waals surface area contributed by atoms with Crippen molar-refractivity contribution in [1.82, 2.24) is 14.8 Å². The maximum atomic E-state index is 12.4. The summed E-state index contributed by atoms with van der Waals surface area (Å²) >= 11 is 9.06. The monoisotopic (exact) mass is 436 g/mol. The lowest BCUT2D eigenvalue weighted by atomic mass is 10.3. The van der Waals surface area contributed by atoms with E-state index in [2.05, 4.69) is 45.4 Å². The number of ether oxygens (including phenoxy) is 1. The van der Waals surface area contributed by atoms with E-state index in [9.17, 15) is 4.79 Å². The van der Waals surface area contributed by atoms with Crippen molar-refractivity contribution in [3.63, 3.8) is 0 Å². The molecule has 0 bridgehead atoms. The second-order valence-electron chi connectivity index (χ2n) is 6.09. The first-order valence-electron chi connectivity index (χ1n) is 8.76. The third-order valence-electron chi connectivity index (χ3n) is 3.92. The molecule has 1 amide bonds. The van der Waals surface area contributed by atoms with Gasteiger partial charge in [-0.2, -0.15) is 0 Å². The topological polar surface area (TPSA) is 69.0 Å². The van der Waals surface area contributed by atoms with Gasteiger partial charge in [0.05, 0.1) is 18.6 Å². The van der Waals surface area contributed by atoms with E-state index in [0.717, 1.165) is 29.5 Å². The van der Waals surface area contributed by atoms with Gasteiger partial charge in [-0.25, -0.2) is 0 Å². The van der Waals surface area contributed by atoms with Crippen molar-refractivity contribution < 1.29 is 9.53 Å². The number of carbonyl (C=O) groups excluding carboxylic acids is 1. The molecule has 9 heteroatoms. The highest BCUT2D eigenvalue weighted by Gasteiger charge is 2.16. The smallest absolute Gasteiger partial charge is 0.234 e. The number of nitrogens with one attached hydrogen (secondary N) is 1. The van der Waals surface area contributed by atoms with Gasteiger partial charge in [0.15, 0.2) is 11.0 Å². The molecule has 2 aromatic heterocycles. The Morgan fingerprint density at radius 3 is 2.86 bits per heavy atom. The summed E-state index contributed by atoms with van der Waals surface area (Å²) in [5.74, 6) is 1.45. The molecule has 0 saturated carbocycles. The molecule has 6 nitrogen and oxygen atoms in total. The Labute approximate surface area is 177 Å². The van der Waals surface area contributed by atoms with Crippen LogP contribution in [0.1, 0.15) is 18.2 Å². The molecule has 0 aliphatic rings. The number of thiophene rings is 1. The number of benzene rings is 1. The average molecular weight is 437 g/mol.